The van der Waals surface area contributed by atoms with E-state index in [-0.39, 0.29) is 12.3 Å². The van der Waals surface area contributed by atoms with Gasteiger partial charge in [0.1, 0.15) is 5.01 Å². The van der Waals surface area contributed by atoms with Crippen LogP contribution in [-0.4, -0.2) is 23.6 Å². The van der Waals surface area contributed by atoms with E-state index in [1.807, 2.05) is 0 Å². The number of ether oxygens (including phenoxy) is 1. The molecule has 0 bridgehead atoms. The zero-order valence-electron chi connectivity index (χ0n) is 6.91. The first kappa shape index (κ1) is 10.5. The SMILES string of the molecule is COCc1nc(C(O)C(F)F)cs1. The molecule has 0 aliphatic heterocycles. The summed E-state index contributed by atoms with van der Waals surface area (Å²) in [6.07, 6.45) is -4.58. The van der Waals surface area contributed by atoms with E-state index >= 15 is 0 Å². The molecule has 0 fully saturated rings. The first-order chi connectivity index (χ1) is 6.15. The fourth-order valence-corrected chi connectivity index (χ4v) is 1.57. The largest absolute Gasteiger partial charge is 0.381 e. The van der Waals surface area contributed by atoms with Gasteiger partial charge >= 0.3 is 0 Å². The Kier molecular flexibility index (Phi) is 3.71. The van der Waals surface area contributed by atoms with Gasteiger partial charge in [0.25, 0.3) is 6.43 Å². The third kappa shape index (κ3) is 2.68. The third-order valence-electron chi connectivity index (χ3n) is 1.38. The lowest BCUT2D eigenvalue weighted by atomic mass is 10.3. The van der Waals surface area contributed by atoms with Crippen molar-refractivity contribution in [3.05, 3.63) is 16.1 Å². The molecular weight excluding hydrogens is 200 g/mol. The molecule has 74 valence electrons. The number of aliphatic hydroxyl groups is 1. The number of thiazole rings is 1. The molecule has 0 radical (unpaired) electrons. The van der Waals surface area contributed by atoms with Crippen LogP contribution < -0.4 is 0 Å². The molecule has 6 heteroatoms. The predicted molar refractivity (Wildman–Crippen MR) is 43.8 cm³/mol. The van der Waals surface area contributed by atoms with Gasteiger partial charge in [-0.1, -0.05) is 0 Å². The summed E-state index contributed by atoms with van der Waals surface area (Å²) < 4.78 is 28.7. The molecule has 1 aromatic heterocycles. The fourth-order valence-electron chi connectivity index (χ4n) is 0.780. The van der Waals surface area contributed by atoms with Gasteiger partial charge in [-0.15, -0.1) is 11.3 Å². The molecule has 0 saturated carbocycles. The Morgan fingerprint density at radius 1 is 1.69 bits per heavy atom. The Balaban J connectivity index is 2.67. The lowest BCUT2D eigenvalue weighted by Gasteiger charge is -2.04. The number of rotatable bonds is 4. The smallest absolute Gasteiger partial charge is 0.269 e. The second-order valence-electron chi connectivity index (χ2n) is 2.38. The Bertz CT molecular complexity index is 267. The second-order valence-corrected chi connectivity index (χ2v) is 3.32. The van der Waals surface area contributed by atoms with Gasteiger partial charge in [-0.3, -0.25) is 0 Å². The van der Waals surface area contributed by atoms with Crippen LogP contribution in [0.4, 0.5) is 8.78 Å². The monoisotopic (exact) mass is 209 g/mol. The minimum atomic E-state index is -2.79. The van der Waals surface area contributed by atoms with Crippen LogP contribution in [0.25, 0.3) is 0 Å². The van der Waals surface area contributed by atoms with Crippen molar-refractivity contribution < 1.29 is 18.6 Å². The van der Waals surface area contributed by atoms with Crippen molar-refractivity contribution in [3.8, 4) is 0 Å². The normalized spacial score (nSPS) is 13.6. The van der Waals surface area contributed by atoms with Crippen LogP contribution >= 0.6 is 11.3 Å². The minimum absolute atomic E-state index is 0.00653. The highest BCUT2D eigenvalue weighted by Gasteiger charge is 2.21. The number of alkyl halides is 2. The van der Waals surface area contributed by atoms with E-state index < -0.39 is 12.5 Å². The topological polar surface area (TPSA) is 42.4 Å². The number of nitrogens with zero attached hydrogens (tertiary/aromatic N) is 1. The number of halogens is 2. The van der Waals surface area contributed by atoms with Gasteiger partial charge in [-0.2, -0.15) is 0 Å². The van der Waals surface area contributed by atoms with Crippen LogP contribution in [0.1, 0.15) is 16.8 Å². The average Bonchev–Trinajstić information content (AvgIpc) is 2.52. The molecule has 1 aromatic rings. The second kappa shape index (κ2) is 4.59. The van der Waals surface area contributed by atoms with Gasteiger partial charge < -0.3 is 9.84 Å². The molecule has 3 nitrogen and oxygen atoms in total. The molecule has 1 heterocycles. The van der Waals surface area contributed by atoms with Gasteiger partial charge in [0, 0.05) is 12.5 Å². The fraction of sp³-hybridized carbons (Fsp3) is 0.571. The summed E-state index contributed by atoms with van der Waals surface area (Å²) in [4.78, 5) is 3.78. The summed E-state index contributed by atoms with van der Waals surface area (Å²) in [5.74, 6) is 0. The van der Waals surface area contributed by atoms with Crippen molar-refractivity contribution >= 4 is 11.3 Å². The summed E-state index contributed by atoms with van der Waals surface area (Å²) in [6, 6.07) is 0. The molecule has 1 rings (SSSR count). The molecular formula is C7H9F2NO2S. The highest BCUT2D eigenvalue weighted by atomic mass is 32.1. The standard InChI is InChI=1S/C7H9F2NO2S/c1-12-2-5-10-4(3-13-5)6(11)7(8)9/h3,6-7,11H,2H2,1H3. The quantitative estimate of drug-likeness (QED) is 0.818. The van der Waals surface area contributed by atoms with Crippen LogP contribution in [0.15, 0.2) is 5.38 Å². The van der Waals surface area contributed by atoms with Gasteiger partial charge in [0.05, 0.1) is 12.3 Å². The third-order valence-corrected chi connectivity index (χ3v) is 2.22. The van der Waals surface area contributed by atoms with Crippen molar-refractivity contribution in [2.45, 2.75) is 19.1 Å². The van der Waals surface area contributed by atoms with E-state index in [1.54, 1.807) is 0 Å². The number of hydrogen-bond acceptors (Lipinski definition) is 4. The molecule has 0 aliphatic rings. The van der Waals surface area contributed by atoms with Crippen molar-refractivity contribution in [2.75, 3.05) is 7.11 Å². The highest BCUT2D eigenvalue weighted by Crippen LogP contribution is 2.22. The maximum Gasteiger partial charge on any atom is 0.269 e. The van der Waals surface area contributed by atoms with E-state index in [0.29, 0.717) is 5.01 Å². The average molecular weight is 209 g/mol. The van der Waals surface area contributed by atoms with Crippen molar-refractivity contribution in [2.24, 2.45) is 0 Å². The molecule has 0 amide bonds. The van der Waals surface area contributed by atoms with Gasteiger partial charge in [-0.25, -0.2) is 13.8 Å². The highest BCUT2D eigenvalue weighted by molar-refractivity contribution is 7.09. The molecule has 0 aliphatic carbocycles. The van der Waals surface area contributed by atoms with Crippen LogP contribution in [0, 0.1) is 0 Å². The zero-order valence-corrected chi connectivity index (χ0v) is 7.72. The molecule has 0 spiro atoms. The molecule has 1 atom stereocenters. The predicted octanol–water partition coefficient (Wildman–Crippen LogP) is 1.59. The molecule has 1 unspecified atom stereocenters. The van der Waals surface area contributed by atoms with Crippen LogP contribution in [-0.2, 0) is 11.3 Å². The summed E-state index contributed by atoms with van der Waals surface area (Å²) in [6.45, 7) is 0.278. The van der Waals surface area contributed by atoms with Crippen LogP contribution in [0.3, 0.4) is 0 Å². The molecule has 1 N–H and O–H groups in total. The van der Waals surface area contributed by atoms with Crippen LogP contribution in [0.5, 0.6) is 0 Å². The number of methoxy groups -OCH3 is 1. The van der Waals surface area contributed by atoms with E-state index in [0.717, 1.165) is 0 Å². The molecule has 13 heavy (non-hydrogen) atoms. The lowest BCUT2D eigenvalue weighted by Crippen LogP contribution is -2.08. The summed E-state index contributed by atoms with van der Waals surface area (Å²) in [5, 5.41) is 10.9. The lowest BCUT2D eigenvalue weighted by molar-refractivity contribution is -0.00804. The Morgan fingerprint density at radius 2 is 2.38 bits per heavy atom. The van der Waals surface area contributed by atoms with E-state index in [1.165, 1.54) is 23.8 Å². The van der Waals surface area contributed by atoms with E-state index in [2.05, 4.69) is 4.98 Å². The number of aliphatic hydroxyl groups excluding tert-OH is 1. The maximum atomic E-state index is 12.0. The Morgan fingerprint density at radius 3 is 2.92 bits per heavy atom. The number of aromatic nitrogens is 1. The van der Waals surface area contributed by atoms with E-state index in [9.17, 15) is 8.78 Å². The van der Waals surface area contributed by atoms with Crippen molar-refractivity contribution in [3.63, 3.8) is 0 Å². The summed E-state index contributed by atoms with van der Waals surface area (Å²) >= 11 is 1.19. The molecule has 0 aromatic carbocycles. The van der Waals surface area contributed by atoms with Crippen molar-refractivity contribution in [1.29, 1.82) is 0 Å². The Labute approximate surface area is 78.0 Å². The number of hydrogen-bond donors (Lipinski definition) is 1. The van der Waals surface area contributed by atoms with Gasteiger partial charge in [0.15, 0.2) is 6.10 Å². The van der Waals surface area contributed by atoms with Crippen LogP contribution in [0.2, 0.25) is 0 Å². The minimum Gasteiger partial charge on any atom is -0.381 e. The van der Waals surface area contributed by atoms with E-state index in [4.69, 9.17) is 9.84 Å². The van der Waals surface area contributed by atoms with Gasteiger partial charge in [-0.05, 0) is 0 Å². The summed E-state index contributed by atoms with van der Waals surface area (Å²) in [5.41, 5.74) is 0.00653. The van der Waals surface area contributed by atoms with Crippen molar-refractivity contribution in [1.82, 2.24) is 4.98 Å². The first-order valence-corrected chi connectivity index (χ1v) is 4.42. The maximum absolute atomic E-state index is 12.0. The summed E-state index contributed by atoms with van der Waals surface area (Å²) in [7, 11) is 1.49. The zero-order chi connectivity index (χ0) is 9.84. The first-order valence-electron chi connectivity index (χ1n) is 3.54. The Hall–Kier alpha value is -0.590. The van der Waals surface area contributed by atoms with Gasteiger partial charge in [0.2, 0.25) is 0 Å². The molecule has 0 saturated heterocycles.